The third kappa shape index (κ3) is 2.23. The second kappa shape index (κ2) is 4.61. The molecule has 1 heterocycles. The number of benzene rings is 1. The minimum atomic E-state index is -0.0679. The minimum Gasteiger partial charge on any atom is -0.390 e. The van der Waals surface area contributed by atoms with Gasteiger partial charge in [-0.15, -0.1) is 11.3 Å². The van der Waals surface area contributed by atoms with Crippen LogP contribution in [-0.2, 0) is 6.61 Å². The summed E-state index contributed by atoms with van der Waals surface area (Å²) in [6, 6.07) is 7.52. The molecule has 1 aromatic carbocycles. The molecule has 0 spiro atoms. The number of aromatic nitrogens is 1. The third-order valence-electron chi connectivity index (χ3n) is 1.90. The van der Waals surface area contributed by atoms with E-state index in [2.05, 4.69) is 20.9 Å². The highest BCUT2D eigenvalue weighted by molar-refractivity contribution is 9.11. The first kappa shape index (κ1) is 11.1. The maximum atomic E-state index is 9.03. The van der Waals surface area contributed by atoms with Crippen molar-refractivity contribution in [2.75, 3.05) is 0 Å². The molecule has 2 rings (SSSR count). The predicted octanol–water partition coefficient (Wildman–Crippen LogP) is 3.72. The molecule has 0 bridgehead atoms. The number of thiazole rings is 1. The average molecular weight is 305 g/mol. The average Bonchev–Trinajstić information content (AvgIpc) is 2.60. The first-order valence-electron chi connectivity index (χ1n) is 4.23. The van der Waals surface area contributed by atoms with Crippen molar-refractivity contribution in [1.82, 2.24) is 4.98 Å². The summed E-state index contributed by atoms with van der Waals surface area (Å²) in [6.07, 6.45) is 0. The van der Waals surface area contributed by atoms with Crippen LogP contribution in [-0.4, -0.2) is 10.1 Å². The summed E-state index contributed by atoms with van der Waals surface area (Å²) in [5.74, 6) is 0. The minimum absolute atomic E-state index is 0.0679. The monoisotopic (exact) mass is 303 g/mol. The van der Waals surface area contributed by atoms with Crippen LogP contribution in [0.4, 0.5) is 0 Å². The molecule has 0 aliphatic heterocycles. The van der Waals surface area contributed by atoms with Gasteiger partial charge in [0.25, 0.3) is 0 Å². The van der Waals surface area contributed by atoms with Crippen molar-refractivity contribution in [3.05, 3.63) is 38.8 Å². The van der Waals surface area contributed by atoms with Gasteiger partial charge >= 0.3 is 0 Å². The van der Waals surface area contributed by atoms with Crippen molar-refractivity contribution in [3.63, 3.8) is 0 Å². The van der Waals surface area contributed by atoms with Gasteiger partial charge in [0.1, 0.15) is 5.01 Å². The Morgan fingerprint density at radius 2 is 2.13 bits per heavy atom. The van der Waals surface area contributed by atoms with E-state index in [1.807, 2.05) is 24.3 Å². The highest BCUT2D eigenvalue weighted by Crippen LogP contribution is 2.35. The largest absolute Gasteiger partial charge is 0.390 e. The fourth-order valence-electron chi connectivity index (χ4n) is 1.18. The molecule has 0 unspecified atom stereocenters. The molecule has 1 N–H and O–H groups in total. The van der Waals surface area contributed by atoms with Crippen molar-refractivity contribution in [1.29, 1.82) is 0 Å². The molecule has 0 atom stereocenters. The highest BCUT2D eigenvalue weighted by Gasteiger charge is 2.11. The molecule has 2 aromatic rings. The van der Waals surface area contributed by atoms with Crippen LogP contribution in [0, 0.1) is 0 Å². The van der Waals surface area contributed by atoms with Crippen molar-refractivity contribution in [2.45, 2.75) is 6.61 Å². The molecule has 0 saturated heterocycles. The molecule has 2 nitrogen and oxygen atoms in total. The Balaban J connectivity index is 2.50. The first-order valence-corrected chi connectivity index (χ1v) is 6.22. The zero-order valence-electron chi connectivity index (χ0n) is 7.58. The summed E-state index contributed by atoms with van der Waals surface area (Å²) >= 11 is 10.9. The Kier molecular flexibility index (Phi) is 3.41. The molecule has 5 heteroatoms. The smallest absolute Gasteiger partial charge is 0.126 e. The van der Waals surface area contributed by atoms with E-state index in [9.17, 15) is 0 Å². The fraction of sp³-hybridized carbons (Fsp3) is 0.100. The molecule has 78 valence electrons. The van der Waals surface area contributed by atoms with E-state index in [-0.39, 0.29) is 6.61 Å². The van der Waals surface area contributed by atoms with Gasteiger partial charge in [-0.3, -0.25) is 0 Å². The lowest BCUT2D eigenvalue weighted by Crippen LogP contribution is -1.84. The van der Waals surface area contributed by atoms with E-state index in [1.165, 1.54) is 11.3 Å². The van der Waals surface area contributed by atoms with Crippen LogP contribution in [0.5, 0.6) is 0 Å². The van der Waals surface area contributed by atoms with Gasteiger partial charge in [0, 0.05) is 5.56 Å². The van der Waals surface area contributed by atoms with Crippen molar-refractivity contribution in [3.8, 4) is 10.6 Å². The van der Waals surface area contributed by atoms with Gasteiger partial charge in [-0.2, -0.15) is 0 Å². The lowest BCUT2D eigenvalue weighted by atomic mass is 10.2. The van der Waals surface area contributed by atoms with E-state index < -0.39 is 0 Å². The Morgan fingerprint density at radius 3 is 2.73 bits per heavy atom. The summed E-state index contributed by atoms with van der Waals surface area (Å²) in [6.45, 7) is -0.0679. The Hall–Kier alpha value is -0.420. The van der Waals surface area contributed by atoms with Crippen LogP contribution in [0.1, 0.15) is 5.69 Å². The van der Waals surface area contributed by atoms with E-state index >= 15 is 0 Å². The van der Waals surface area contributed by atoms with Gasteiger partial charge in [0.2, 0.25) is 0 Å². The predicted molar refractivity (Wildman–Crippen MR) is 66.2 cm³/mol. The Bertz CT molecular complexity index is 486. The molecule has 0 aliphatic rings. The van der Waals surface area contributed by atoms with E-state index in [0.29, 0.717) is 10.7 Å². The molecule has 0 saturated carbocycles. The molecular formula is C10H7BrClNOS. The van der Waals surface area contributed by atoms with Crippen molar-refractivity contribution >= 4 is 38.9 Å². The van der Waals surface area contributed by atoms with Gasteiger partial charge in [0.15, 0.2) is 0 Å². The molecule has 0 aliphatic carbocycles. The maximum absolute atomic E-state index is 9.03. The summed E-state index contributed by atoms with van der Waals surface area (Å²) in [5, 5.41) is 10.5. The van der Waals surface area contributed by atoms with Crippen LogP contribution in [0.2, 0.25) is 5.02 Å². The molecular weight excluding hydrogens is 298 g/mol. The number of aliphatic hydroxyl groups excluding tert-OH is 1. The number of aliphatic hydroxyl groups is 1. The second-order valence-electron chi connectivity index (χ2n) is 2.88. The number of hydrogen-bond donors (Lipinski definition) is 1. The fourth-order valence-corrected chi connectivity index (χ4v) is 2.98. The molecule has 15 heavy (non-hydrogen) atoms. The van der Waals surface area contributed by atoms with E-state index in [1.54, 1.807) is 0 Å². The quantitative estimate of drug-likeness (QED) is 0.917. The SMILES string of the molecule is OCc1nc(-c2ccccc2Cl)sc1Br. The van der Waals surface area contributed by atoms with Crippen molar-refractivity contribution in [2.24, 2.45) is 0 Å². The van der Waals surface area contributed by atoms with E-state index in [0.717, 1.165) is 14.4 Å². The standard InChI is InChI=1S/C10H7BrClNOS/c11-9-8(5-14)13-10(15-9)6-3-1-2-4-7(6)12/h1-4,14H,5H2. The zero-order valence-corrected chi connectivity index (χ0v) is 10.7. The molecule has 1 aromatic heterocycles. The highest BCUT2D eigenvalue weighted by atomic mass is 79.9. The van der Waals surface area contributed by atoms with Crippen LogP contribution in [0.3, 0.4) is 0 Å². The van der Waals surface area contributed by atoms with Crippen LogP contribution < -0.4 is 0 Å². The normalized spacial score (nSPS) is 10.6. The molecule has 0 fully saturated rings. The number of hydrogen-bond acceptors (Lipinski definition) is 3. The van der Waals surface area contributed by atoms with Crippen LogP contribution in [0.25, 0.3) is 10.6 Å². The first-order chi connectivity index (χ1) is 7.22. The van der Waals surface area contributed by atoms with Gasteiger partial charge in [-0.05, 0) is 22.0 Å². The van der Waals surface area contributed by atoms with Crippen molar-refractivity contribution < 1.29 is 5.11 Å². The van der Waals surface area contributed by atoms with Gasteiger partial charge in [0.05, 0.1) is 21.1 Å². The Labute approximate surface area is 105 Å². The zero-order chi connectivity index (χ0) is 10.8. The maximum Gasteiger partial charge on any atom is 0.126 e. The summed E-state index contributed by atoms with van der Waals surface area (Å²) in [5.41, 5.74) is 1.54. The van der Waals surface area contributed by atoms with Gasteiger partial charge in [-0.1, -0.05) is 29.8 Å². The van der Waals surface area contributed by atoms with Gasteiger partial charge < -0.3 is 5.11 Å². The summed E-state index contributed by atoms with van der Waals surface area (Å²) in [7, 11) is 0. The topological polar surface area (TPSA) is 33.1 Å². The van der Waals surface area contributed by atoms with Gasteiger partial charge in [-0.25, -0.2) is 4.98 Å². The molecule has 0 amide bonds. The summed E-state index contributed by atoms with van der Waals surface area (Å²) in [4.78, 5) is 4.30. The Morgan fingerprint density at radius 1 is 1.40 bits per heavy atom. The van der Waals surface area contributed by atoms with Crippen LogP contribution >= 0.6 is 38.9 Å². The van der Waals surface area contributed by atoms with Crippen LogP contribution in [0.15, 0.2) is 28.1 Å². The lowest BCUT2D eigenvalue weighted by molar-refractivity contribution is 0.277. The molecule has 0 radical (unpaired) electrons. The third-order valence-corrected chi connectivity index (χ3v) is 4.10. The number of rotatable bonds is 2. The lowest BCUT2D eigenvalue weighted by Gasteiger charge is -1.97. The van der Waals surface area contributed by atoms with E-state index in [4.69, 9.17) is 16.7 Å². The second-order valence-corrected chi connectivity index (χ2v) is 5.60. The number of halogens is 2. The number of nitrogens with zero attached hydrogens (tertiary/aromatic N) is 1. The summed E-state index contributed by atoms with van der Waals surface area (Å²) < 4.78 is 0.847.